The number of halogens is 4. The van der Waals surface area contributed by atoms with Gasteiger partial charge in [-0.05, 0) is 12.8 Å². The van der Waals surface area contributed by atoms with Gasteiger partial charge in [-0.2, -0.15) is 21.9 Å². The van der Waals surface area contributed by atoms with Crippen molar-refractivity contribution in [3.8, 4) is 0 Å². The maximum Gasteiger partial charge on any atom is 0.411 e. The maximum absolute atomic E-state index is 12.5. The molecule has 3 nitrogen and oxygen atoms in total. The summed E-state index contributed by atoms with van der Waals surface area (Å²) in [7, 11) is 0. The second kappa shape index (κ2) is 2.96. The Balaban J connectivity index is 2.16. The molecule has 0 bridgehead atoms. The van der Waals surface area contributed by atoms with E-state index < -0.39 is 11.7 Å². The average molecular weight is 244 g/mol. The van der Waals surface area contributed by atoms with E-state index in [-0.39, 0.29) is 23.8 Å². The zero-order valence-electron chi connectivity index (χ0n) is 6.73. The molecule has 78 valence electrons. The third kappa shape index (κ3) is 1.54. The van der Waals surface area contributed by atoms with E-state index in [1.54, 1.807) is 0 Å². The van der Waals surface area contributed by atoms with E-state index >= 15 is 0 Å². The molecule has 0 spiro atoms. The second-order valence-electron chi connectivity index (χ2n) is 3.11. The number of anilines is 1. The zero-order chi connectivity index (χ0) is 10.4. The van der Waals surface area contributed by atoms with Gasteiger partial charge in [0, 0.05) is 0 Å². The van der Waals surface area contributed by atoms with Crippen molar-refractivity contribution in [3.05, 3.63) is 5.15 Å². The topological polar surface area (TPSA) is 37.8 Å². The molecule has 0 atom stereocenters. The molecule has 1 aliphatic carbocycles. The van der Waals surface area contributed by atoms with Gasteiger partial charge in [0.2, 0.25) is 0 Å². The van der Waals surface area contributed by atoms with Crippen LogP contribution in [0.3, 0.4) is 0 Å². The van der Waals surface area contributed by atoms with Crippen molar-refractivity contribution in [2.45, 2.75) is 24.6 Å². The van der Waals surface area contributed by atoms with E-state index in [0.29, 0.717) is 0 Å². The molecular formula is C6H5ClF3N3S. The van der Waals surface area contributed by atoms with Crippen molar-refractivity contribution < 1.29 is 13.2 Å². The average Bonchev–Trinajstić information content (AvgIpc) is 2.73. The van der Waals surface area contributed by atoms with Crippen molar-refractivity contribution in [2.24, 2.45) is 0 Å². The monoisotopic (exact) mass is 243 g/mol. The lowest BCUT2D eigenvalue weighted by atomic mass is 10.2. The summed E-state index contributed by atoms with van der Waals surface area (Å²) < 4.78 is 44.6. The summed E-state index contributed by atoms with van der Waals surface area (Å²) >= 11 is 6.31. The molecule has 1 N–H and O–H groups in total. The van der Waals surface area contributed by atoms with E-state index in [9.17, 15) is 13.2 Å². The fraction of sp³-hybridized carbons (Fsp3) is 0.667. The van der Waals surface area contributed by atoms with Crippen LogP contribution in [0.25, 0.3) is 0 Å². The number of rotatable bonds is 2. The van der Waals surface area contributed by atoms with Crippen molar-refractivity contribution in [1.29, 1.82) is 0 Å². The van der Waals surface area contributed by atoms with E-state index in [2.05, 4.69) is 14.1 Å². The van der Waals surface area contributed by atoms with Gasteiger partial charge in [0.15, 0.2) is 11.0 Å². The first-order valence-electron chi connectivity index (χ1n) is 3.78. The van der Waals surface area contributed by atoms with Crippen LogP contribution in [0.4, 0.5) is 19.0 Å². The Labute approximate surface area is 86.6 Å². The van der Waals surface area contributed by atoms with Crippen LogP contribution in [-0.4, -0.2) is 20.5 Å². The minimum absolute atomic E-state index is 0.00877. The zero-order valence-corrected chi connectivity index (χ0v) is 8.30. The standard InChI is InChI=1S/C6H5ClF3N3S/c7-3-4(13-14-12-3)11-5(1-2-5)6(8,9)10/h1-2H2,(H,11,13). The first-order valence-corrected chi connectivity index (χ1v) is 4.88. The molecule has 0 saturated heterocycles. The van der Waals surface area contributed by atoms with Gasteiger partial charge in [-0.15, -0.1) is 0 Å². The maximum atomic E-state index is 12.5. The first-order chi connectivity index (χ1) is 6.45. The molecule has 1 aromatic heterocycles. The number of hydrogen-bond donors (Lipinski definition) is 1. The first kappa shape index (κ1) is 9.97. The van der Waals surface area contributed by atoms with Crippen molar-refractivity contribution >= 4 is 29.1 Å². The summed E-state index contributed by atoms with van der Waals surface area (Å²) in [5.74, 6) is 0.0199. The van der Waals surface area contributed by atoms with Gasteiger partial charge in [0.1, 0.15) is 5.54 Å². The molecule has 0 radical (unpaired) electrons. The quantitative estimate of drug-likeness (QED) is 0.868. The predicted octanol–water partition coefficient (Wildman–Crippen LogP) is 2.70. The fourth-order valence-electron chi connectivity index (χ4n) is 1.08. The van der Waals surface area contributed by atoms with Crippen LogP contribution in [0.2, 0.25) is 5.15 Å². The van der Waals surface area contributed by atoms with Gasteiger partial charge < -0.3 is 5.32 Å². The summed E-state index contributed by atoms with van der Waals surface area (Å²) in [5.41, 5.74) is -1.83. The van der Waals surface area contributed by atoms with Gasteiger partial charge in [-0.1, -0.05) is 11.6 Å². The largest absolute Gasteiger partial charge is 0.411 e. The van der Waals surface area contributed by atoms with Crippen LogP contribution in [-0.2, 0) is 0 Å². The molecule has 2 rings (SSSR count). The van der Waals surface area contributed by atoms with Crippen LogP contribution in [0.5, 0.6) is 0 Å². The highest BCUT2D eigenvalue weighted by Crippen LogP contribution is 2.51. The molecule has 0 unspecified atom stereocenters. The third-order valence-electron chi connectivity index (χ3n) is 2.10. The van der Waals surface area contributed by atoms with E-state index in [0.717, 1.165) is 11.7 Å². The Bertz CT molecular complexity index is 346. The lowest BCUT2D eigenvalue weighted by Gasteiger charge is -2.20. The second-order valence-corrected chi connectivity index (χ2v) is 3.99. The smallest absolute Gasteiger partial charge is 0.353 e. The number of nitrogens with one attached hydrogen (secondary N) is 1. The molecule has 0 aliphatic heterocycles. The molecule has 0 aromatic carbocycles. The van der Waals surface area contributed by atoms with E-state index in [4.69, 9.17) is 11.6 Å². The Kier molecular flexibility index (Phi) is 2.11. The van der Waals surface area contributed by atoms with Gasteiger partial charge >= 0.3 is 6.18 Å². The Morgan fingerprint density at radius 3 is 2.36 bits per heavy atom. The molecule has 1 saturated carbocycles. The predicted molar refractivity (Wildman–Crippen MR) is 46.6 cm³/mol. The van der Waals surface area contributed by atoms with Gasteiger partial charge in [0.25, 0.3) is 0 Å². The lowest BCUT2D eigenvalue weighted by Crippen LogP contribution is -2.38. The summed E-state index contributed by atoms with van der Waals surface area (Å²) in [5, 5.41) is 2.29. The number of nitrogens with zero attached hydrogens (tertiary/aromatic N) is 2. The Morgan fingerprint density at radius 1 is 1.36 bits per heavy atom. The number of hydrogen-bond acceptors (Lipinski definition) is 4. The van der Waals surface area contributed by atoms with Crippen LogP contribution < -0.4 is 5.32 Å². The molecule has 1 aromatic rings. The van der Waals surface area contributed by atoms with Crippen LogP contribution in [0.15, 0.2) is 0 Å². The highest BCUT2D eigenvalue weighted by Gasteiger charge is 2.64. The van der Waals surface area contributed by atoms with Crippen LogP contribution >= 0.6 is 23.3 Å². The third-order valence-corrected chi connectivity index (χ3v) is 2.99. The summed E-state index contributed by atoms with van der Waals surface area (Å²) in [4.78, 5) is 0. The summed E-state index contributed by atoms with van der Waals surface area (Å²) in [6, 6.07) is 0. The van der Waals surface area contributed by atoms with Crippen molar-refractivity contribution in [1.82, 2.24) is 8.75 Å². The molecular weight excluding hydrogens is 239 g/mol. The Hall–Kier alpha value is -0.560. The van der Waals surface area contributed by atoms with Crippen LogP contribution in [0, 0.1) is 0 Å². The normalized spacial score (nSPS) is 19.4. The Morgan fingerprint density at radius 2 is 2.00 bits per heavy atom. The van der Waals surface area contributed by atoms with Crippen molar-refractivity contribution in [3.63, 3.8) is 0 Å². The van der Waals surface area contributed by atoms with Gasteiger partial charge in [-0.3, -0.25) is 0 Å². The molecule has 1 heterocycles. The van der Waals surface area contributed by atoms with Crippen molar-refractivity contribution in [2.75, 3.05) is 5.32 Å². The van der Waals surface area contributed by atoms with E-state index in [1.807, 2.05) is 0 Å². The molecule has 1 fully saturated rings. The highest BCUT2D eigenvalue weighted by molar-refractivity contribution is 6.99. The van der Waals surface area contributed by atoms with Crippen LogP contribution in [0.1, 0.15) is 12.8 Å². The molecule has 8 heteroatoms. The van der Waals surface area contributed by atoms with E-state index in [1.165, 1.54) is 0 Å². The summed E-state index contributed by atoms with van der Waals surface area (Å²) in [6.45, 7) is 0. The number of alkyl halides is 3. The summed E-state index contributed by atoms with van der Waals surface area (Å²) in [6.07, 6.45) is -4.14. The highest BCUT2D eigenvalue weighted by atomic mass is 35.5. The van der Waals surface area contributed by atoms with Gasteiger partial charge in [-0.25, -0.2) is 0 Å². The minimum atomic E-state index is -4.26. The molecule has 14 heavy (non-hydrogen) atoms. The fourth-order valence-corrected chi connectivity index (χ4v) is 1.73. The molecule has 0 amide bonds. The molecule has 1 aliphatic rings. The lowest BCUT2D eigenvalue weighted by molar-refractivity contribution is -0.151. The number of aromatic nitrogens is 2. The minimum Gasteiger partial charge on any atom is -0.353 e. The SMILES string of the molecule is FC(F)(F)C1(Nc2nsnc2Cl)CC1. The van der Waals surface area contributed by atoms with Gasteiger partial charge in [0.05, 0.1) is 11.7 Å².